The fourth-order valence-electron chi connectivity index (χ4n) is 3.67. The van der Waals surface area contributed by atoms with E-state index in [9.17, 15) is 9.18 Å². The molecule has 5 aromatic rings. The monoisotopic (exact) mass is 441 g/mol. The Kier molecular flexibility index (Phi) is 5.37. The van der Waals surface area contributed by atoms with Gasteiger partial charge in [0, 0.05) is 17.5 Å². The molecule has 2 aromatic heterocycles. The first-order valence-corrected chi connectivity index (χ1v) is 11.2. The van der Waals surface area contributed by atoms with E-state index in [0.717, 1.165) is 27.9 Å². The molecule has 3 aromatic carbocycles. The fourth-order valence-corrected chi connectivity index (χ4v) is 4.62. The average Bonchev–Trinajstić information content (AvgIpc) is 3.24. The quantitative estimate of drug-likeness (QED) is 0.264. The van der Waals surface area contributed by atoms with Gasteiger partial charge in [-0.25, -0.2) is 9.37 Å². The number of hydrogen-bond donors (Lipinski definition) is 1. The highest BCUT2D eigenvalue weighted by Gasteiger charge is 2.18. The Labute approximate surface area is 188 Å². The highest BCUT2D eigenvalue weighted by molar-refractivity contribution is 7.98. The molecule has 0 atom stereocenters. The van der Waals surface area contributed by atoms with Crippen LogP contribution in [0.25, 0.3) is 27.8 Å². The molecule has 5 rings (SSSR count). The number of thioether (sulfide) groups is 1. The van der Waals surface area contributed by atoms with Gasteiger partial charge >= 0.3 is 0 Å². The first-order chi connectivity index (χ1) is 15.6. The van der Waals surface area contributed by atoms with E-state index < -0.39 is 0 Å². The third-order valence-corrected chi connectivity index (χ3v) is 6.31. The predicted molar refractivity (Wildman–Crippen MR) is 128 cm³/mol. The maximum Gasteiger partial charge on any atom is 0.283 e. The minimum absolute atomic E-state index is 0.164. The summed E-state index contributed by atoms with van der Waals surface area (Å²) in [6, 6.07) is 24.1. The van der Waals surface area contributed by atoms with E-state index in [1.165, 1.54) is 23.9 Å². The van der Waals surface area contributed by atoms with Crippen LogP contribution in [0.15, 0.2) is 95.0 Å². The zero-order valence-corrected chi connectivity index (χ0v) is 18.2. The van der Waals surface area contributed by atoms with Crippen molar-refractivity contribution in [3.8, 4) is 16.8 Å². The van der Waals surface area contributed by atoms with Crippen molar-refractivity contribution < 1.29 is 4.39 Å². The molecule has 0 spiro atoms. The molecule has 4 nitrogen and oxygen atoms in total. The van der Waals surface area contributed by atoms with Crippen molar-refractivity contribution in [3.05, 3.63) is 112 Å². The summed E-state index contributed by atoms with van der Waals surface area (Å²) >= 11 is 1.42. The molecule has 6 heteroatoms. The topological polar surface area (TPSA) is 50.7 Å². The molecular weight excluding hydrogens is 421 g/mol. The molecule has 0 saturated heterocycles. The van der Waals surface area contributed by atoms with Crippen molar-refractivity contribution in [1.82, 2.24) is 14.5 Å². The van der Waals surface area contributed by atoms with Crippen molar-refractivity contribution in [2.45, 2.75) is 17.8 Å². The smallest absolute Gasteiger partial charge is 0.283 e. The average molecular weight is 442 g/mol. The van der Waals surface area contributed by atoms with Crippen LogP contribution in [0.5, 0.6) is 0 Å². The van der Waals surface area contributed by atoms with Crippen LogP contribution in [-0.2, 0) is 5.75 Å². The molecule has 32 heavy (non-hydrogen) atoms. The molecule has 0 radical (unpaired) electrons. The minimum Gasteiger partial charge on any atom is -0.355 e. The normalized spacial score (nSPS) is 11.2. The zero-order chi connectivity index (χ0) is 22.1. The number of nitrogens with one attached hydrogen (secondary N) is 1. The van der Waals surface area contributed by atoms with Crippen LogP contribution < -0.4 is 5.56 Å². The standard InChI is InChI=1S/C26H20FN3OS/c1-17-10-12-21(13-11-17)30-25(31)24-23(22(15-28-24)19-7-3-2-4-8-19)29-26(30)32-16-18-6-5-9-20(27)14-18/h2-15,28H,16H2,1H3. The van der Waals surface area contributed by atoms with Gasteiger partial charge < -0.3 is 4.98 Å². The second-order valence-electron chi connectivity index (χ2n) is 7.58. The van der Waals surface area contributed by atoms with E-state index in [1.807, 2.05) is 73.8 Å². The van der Waals surface area contributed by atoms with Crippen LogP contribution in [-0.4, -0.2) is 14.5 Å². The Bertz CT molecular complexity index is 1460. The summed E-state index contributed by atoms with van der Waals surface area (Å²) in [5.41, 5.74) is 5.47. The third-order valence-electron chi connectivity index (χ3n) is 5.30. The van der Waals surface area contributed by atoms with E-state index >= 15 is 0 Å². The van der Waals surface area contributed by atoms with Gasteiger partial charge in [-0.3, -0.25) is 9.36 Å². The Hall–Kier alpha value is -3.64. The van der Waals surface area contributed by atoms with Gasteiger partial charge in [0.25, 0.3) is 5.56 Å². The highest BCUT2D eigenvalue weighted by atomic mass is 32.2. The van der Waals surface area contributed by atoms with E-state index in [-0.39, 0.29) is 11.4 Å². The van der Waals surface area contributed by atoms with Crippen molar-refractivity contribution in [2.75, 3.05) is 0 Å². The number of halogens is 1. The number of nitrogens with zero attached hydrogens (tertiary/aromatic N) is 2. The Balaban J connectivity index is 1.67. The van der Waals surface area contributed by atoms with Crippen molar-refractivity contribution in [1.29, 1.82) is 0 Å². The summed E-state index contributed by atoms with van der Waals surface area (Å²) in [4.78, 5) is 21.6. The Morgan fingerprint density at radius 3 is 2.53 bits per heavy atom. The van der Waals surface area contributed by atoms with Crippen LogP contribution in [0.1, 0.15) is 11.1 Å². The van der Waals surface area contributed by atoms with Gasteiger partial charge in [0.05, 0.1) is 5.69 Å². The number of hydrogen-bond acceptors (Lipinski definition) is 3. The first kappa shape index (κ1) is 20.3. The van der Waals surface area contributed by atoms with Crippen LogP contribution in [0.3, 0.4) is 0 Å². The molecule has 0 amide bonds. The second kappa shape index (κ2) is 8.48. The van der Waals surface area contributed by atoms with Gasteiger partial charge in [0.15, 0.2) is 5.16 Å². The van der Waals surface area contributed by atoms with E-state index in [1.54, 1.807) is 10.6 Å². The van der Waals surface area contributed by atoms with Crippen molar-refractivity contribution in [3.63, 3.8) is 0 Å². The summed E-state index contributed by atoms with van der Waals surface area (Å²) in [6.07, 6.45) is 1.83. The lowest BCUT2D eigenvalue weighted by Crippen LogP contribution is -2.21. The fraction of sp³-hybridized carbons (Fsp3) is 0.0769. The van der Waals surface area contributed by atoms with Gasteiger partial charge in [0.1, 0.15) is 16.9 Å². The highest BCUT2D eigenvalue weighted by Crippen LogP contribution is 2.30. The maximum absolute atomic E-state index is 13.7. The lowest BCUT2D eigenvalue weighted by molar-refractivity contribution is 0.626. The molecule has 0 aliphatic rings. The summed E-state index contributed by atoms with van der Waals surface area (Å²) < 4.78 is 15.3. The van der Waals surface area contributed by atoms with Crippen LogP contribution >= 0.6 is 11.8 Å². The molecule has 158 valence electrons. The predicted octanol–water partition coefficient (Wildman–Crippen LogP) is 6.12. The van der Waals surface area contributed by atoms with Crippen LogP contribution in [0, 0.1) is 12.7 Å². The number of fused-ring (bicyclic) bond motifs is 1. The Morgan fingerprint density at radius 1 is 1.00 bits per heavy atom. The molecule has 0 fully saturated rings. The number of H-pyrrole nitrogens is 1. The number of aryl methyl sites for hydroxylation is 1. The molecule has 0 saturated carbocycles. The second-order valence-corrected chi connectivity index (χ2v) is 8.52. The molecule has 1 N–H and O–H groups in total. The zero-order valence-electron chi connectivity index (χ0n) is 17.4. The molecule has 0 aliphatic heterocycles. The molecule has 0 unspecified atom stereocenters. The van der Waals surface area contributed by atoms with Crippen molar-refractivity contribution in [2.24, 2.45) is 0 Å². The van der Waals surface area contributed by atoms with Gasteiger partial charge in [0.2, 0.25) is 0 Å². The summed E-state index contributed by atoms with van der Waals surface area (Å²) in [5.74, 6) is 0.214. The first-order valence-electron chi connectivity index (χ1n) is 10.2. The van der Waals surface area contributed by atoms with Crippen LogP contribution in [0.4, 0.5) is 4.39 Å². The number of benzene rings is 3. The summed E-state index contributed by atoms with van der Waals surface area (Å²) in [6.45, 7) is 2.00. The van der Waals surface area contributed by atoms with Gasteiger partial charge in [-0.2, -0.15) is 0 Å². The number of aromatic nitrogens is 3. The lowest BCUT2D eigenvalue weighted by atomic mass is 10.1. The molecular formula is C26H20FN3OS. The molecule has 0 bridgehead atoms. The van der Waals surface area contributed by atoms with Gasteiger partial charge in [-0.15, -0.1) is 0 Å². The maximum atomic E-state index is 13.7. The van der Waals surface area contributed by atoms with E-state index in [2.05, 4.69) is 4.98 Å². The lowest BCUT2D eigenvalue weighted by Gasteiger charge is -2.13. The minimum atomic E-state index is -0.278. The molecule has 0 aliphatic carbocycles. The van der Waals surface area contributed by atoms with Crippen molar-refractivity contribution >= 4 is 22.8 Å². The SMILES string of the molecule is Cc1ccc(-n2c(SCc3cccc(F)c3)nc3c(-c4ccccc4)c[nH]c3c2=O)cc1. The molecule has 2 heterocycles. The summed E-state index contributed by atoms with van der Waals surface area (Å²) in [7, 11) is 0. The van der Waals surface area contributed by atoms with E-state index in [0.29, 0.717) is 21.9 Å². The van der Waals surface area contributed by atoms with Crippen LogP contribution in [0.2, 0.25) is 0 Å². The Morgan fingerprint density at radius 2 is 1.78 bits per heavy atom. The number of aromatic amines is 1. The van der Waals surface area contributed by atoms with Gasteiger partial charge in [-0.1, -0.05) is 71.9 Å². The third kappa shape index (κ3) is 3.85. The number of rotatable bonds is 5. The largest absolute Gasteiger partial charge is 0.355 e. The van der Waals surface area contributed by atoms with Gasteiger partial charge in [-0.05, 0) is 42.3 Å². The van der Waals surface area contributed by atoms with E-state index in [4.69, 9.17) is 4.98 Å². The summed E-state index contributed by atoms with van der Waals surface area (Å²) in [5, 5.41) is 0.562.